The normalized spacial score (nSPS) is 42.0. The van der Waals surface area contributed by atoms with Gasteiger partial charge in [0.15, 0.2) is 0 Å². The predicted octanol–water partition coefficient (Wildman–Crippen LogP) is 0.464. The molecule has 4 atom stereocenters. The smallest absolute Gasteiger partial charge is 0.0716 e. The van der Waals surface area contributed by atoms with Crippen LogP contribution in [0.4, 0.5) is 0 Å². The zero-order chi connectivity index (χ0) is 17.2. The lowest BCUT2D eigenvalue weighted by atomic mass is 9.94. The molecule has 4 aliphatic rings. The highest BCUT2D eigenvalue weighted by Gasteiger charge is 2.48. The number of nitrogens with zero attached hydrogens (tertiary/aromatic N) is 2. The summed E-state index contributed by atoms with van der Waals surface area (Å²) in [4.78, 5) is 4.78. The number of hydrogen-bond donors (Lipinski definition) is 2. The molecule has 4 rings (SSSR count). The summed E-state index contributed by atoms with van der Waals surface area (Å²) < 4.78 is 10.6. The molecule has 0 spiro atoms. The van der Waals surface area contributed by atoms with Crippen molar-refractivity contribution in [3.63, 3.8) is 0 Å². The van der Waals surface area contributed by atoms with Gasteiger partial charge in [0, 0.05) is 38.4 Å². The van der Waals surface area contributed by atoms with Gasteiger partial charge in [-0.2, -0.15) is 0 Å². The van der Waals surface area contributed by atoms with Crippen molar-refractivity contribution in [2.45, 2.75) is 61.8 Å². The van der Waals surface area contributed by atoms with Gasteiger partial charge in [-0.05, 0) is 51.6 Å². The second-order valence-corrected chi connectivity index (χ2v) is 7.99. The topological polar surface area (TPSA) is 65.4 Å². The van der Waals surface area contributed by atoms with Crippen LogP contribution in [-0.2, 0) is 9.47 Å². The van der Waals surface area contributed by atoms with E-state index in [0.29, 0.717) is 25.4 Å². The van der Waals surface area contributed by atoms with Crippen molar-refractivity contribution in [2.75, 3.05) is 53.6 Å². The van der Waals surface area contributed by atoms with E-state index in [1.165, 1.54) is 12.8 Å². The third-order valence-electron chi connectivity index (χ3n) is 6.80. The van der Waals surface area contributed by atoms with Gasteiger partial charge in [0.25, 0.3) is 0 Å². The van der Waals surface area contributed by atoms with Crippen LogP contribution in [0.2, 0.25) is 0 Å². The minimum atomic E-state index is 0.0840. The SMILES string of the molecule is CO[C@@H]1CN2CCC[C@@]2(CO)C1.CO[C@H]1CN2CCC[C@]2(CO)C1. The van der Waals surface area contributed by atoms with Crippen molar-refractivity contribution in [2.24, 2.45) is 0 Å². The van der Waals surface area contributed by atoms with Crippen molar-refractivity contribution in [3.8, 4) is 0 Å². The number of ether oxygens (including phenoxy) is 2. The monoisotopic (exact) mass is 342 g/mol. The minimum Gasteiger partial charge on any atom is -0.394 e. The molecule has 4 heterocycles. The van der Waals surface area contributed by atoms with E-state index in [1.807, 2.05) is 0 Å². The van der Waals surface area contributed by atoms with E-state index in [1.54, 1.807) is 14.2 Å². The number of rotatable bonds is 4. The molecule has 0 aromatic heterocycles. The number of fused-ring (bicyclic) bond motifs is 2. The van der Waals surface area contributed by atoms with Crippen LogP contribution >= 0.6 is 0 Å². The fraction of sp³-hybridized carbons (Fsp3) is 1.00. The highest BCUT2D eigenvalue weighted by molar-refractivity contribution is 5.04. The van der Waals surface area contributed by atoms with Crippen molar-refractivity contribution in [3.05, 3.63) is 0 Å². The largest absolute Gasteiger partial charge is 0.394 e. The molecular weight excluding hydrogens is 308 g/mol. The Morgan fingerprint density at radius 2 is 1.25 bits per heavy atom. The molecule has 0 aliphatic carbocycles. The van der Waals surface area contributed by atoms with Gasteiger partial charge in [0.2, 0.25) is 0 Å². The maximum Gasteiger partial charge on any atom is 0.0716 e. The maximum atomic E-state index is 9.34. The molecule has 4 aliphatic heterocycles. The molecule has 0 aromatic carbocycles. The number of aliphatic hydroxyl groups excluding tert-OH is 2. The zero-order valence-electron chi connectivity index (χ0n) is 15.2. The maximum absolute atomic E-state index is 9.34. The summed E-state index contributed by atoms with van der Waals surface area (Å²) in [5, 5.41) is 18.7. The van der Waals surface area contributed by atoms with Gasteiger partial charge in [-0.15, -0.1) is 0 Å². The Labute approximate surface area is 145 Å². The van der Waals surface area contributed by atoms with Crippen molar-refractivity contribution >= 4 is 0 Å². The molecule has 0 amide bonds. The van der Waals surface area contributed by atoms with Crippen LogP contribution in [0.25, 0.3) is 0 Å². The molecule has 140 valence electrons. The summed E-state index contributed by atoms with van der Waals surface area (Å²) in [6.07, 6.45) is 7.47. The summed E-state index contributed by atoms with van der Waals surface area (Å²) in [5.41, 5.74) is 0.168. The van der Waals surface area contributed by atoms with E-state index >= 15 is 0 Å². The average Bonchev–Trinajstić information content (AvgIpc) is 3.32. The highest BCUT2D eigenvalue weighted by Crippen LogP contribution is 2.40. The standard InChI is InChI=1S/2C9H17NO2/c2*1-12-8-5-9(7-11)3-2-4-10(9)6-8/h2*8,11H,2-7H2,1H3/t2*8-,9-/m10/s1. The van der Waals surface area contributed by atoms with Gasteiger partial charge in [-0.25, -0.2) is 0 Å². The lowest BCUT2D eigenvalue weighted by Crippen LogP contribution is -2.41. The van der Waals surface area contributed by atoms with Crippen LogP contribution < -0.4 is 0 Å². The third-order valence-corrected chi connectivity index (χ3v) is 6.80. The van der Waals surface area contributed by atoms with Crippen LogP contribution in [0.5, 0.6) is 0 Å². The molecule has 0 bridgehead atoms. The quantitative estimate of drug-likeness (QED) is 0.774. The van der Waals surface area contributed by atoms with E-state index in [0.717, 1.165) is 51.9 Å². The fourth-order valence-corrected chi connectivity index (χ4v) is 5.29. The first-order valence-corrected chi connectivity index (χ1v) is 9.39. The van der Waals surface area contributed by atoms with Crippen molar-refractivity contribution < 1.29 is 19.7 Å². The van der Waals surface area contributed by atoms with Crippen LogP contribution in [0.15, 0.2) is 0 Å². The zero-order valence-corrected chi connectivity index (χ0v) is 15.2. The minimum absolute atomic E-state index is 0.0840. The molecule has 6 nitrogen and oxygen atoms in total. The van der Waals surface area contributed by atoms with Crippen molar-refractivity contribution in [1.29, 1.82) is 0 Å². The Kier molecular flexibility index (Phi) is 5.84. The Balaban J connectivity index is 0.000000141. The second-order valence-electron chi connectivity index (χ2n) is 7.99. The van der Waals surface area contributed by atoms with E-state index in [9.17, 15) is 10.2 Å². The highest BCUT2D eigenvalue weighted by atomic mass is 16.5. The van der Waals surface area contributed by atoms with Crippen molar-refractivity contribution in [1.82, 2.24) is 9.80 Å². The first kappa shape index (κ1) is 18.5. The average molecular weight is 342 g/mol. The number of aliphatic hydroxyl groups is 2. The summed E-state index contributed by atoms with van der Waals surface area (Å²) in [6, 6.07) is 0. The Hall–Kier alpha value is -0.240. The van der Waals surface area contributed by atoms with E-state index in [4.69, 9.17) is 9.47 Å². The predicted molar refractivity (Wildman–Crippen MR) is 92.1 cm³/mol. The Morgan fingerprint density at radius 1 is 0.833 bits per heavy atom. The van der Waals surface area contributed by atoms with E-state index in [-0.39, 0.29) is 11.1 Å². The van der Waals surface area contributed by atoms with E-state index < -0.39 is 0 Å². The molecule has 0 aromatic rings. The summed E-state index contributed by atoms with van der Waals surface area (Å²) in [7, 11) is 3.52. The van der Waals surface area contributed by atoms with Crippen LogP contribution in [-0.4, -0.2) is 96.9 Å². The molecule has 24 heavy (non-hydrogen) atoms. The third kappa shape index (κ3) is 3.24. The molecule has 0 unspecified atom stereocenters. The first-order valence-electron chi connectivity index (χ1n) is 9.39. The molecule has 0 saturated carbocycles. The van der Waals surface area contributed by atoms with Gasteiger partial charge >= 0.3 is 0 Å². The van der Waals surface area contributed by atoms with Gasteiger partial charge in [0.1, 0.15) is 0 Å². The van der Waals surface area contributed by atoms with Crippen LogP contribution in [0, 0.1) is 0 Å². The molecule has 6 heteroatoms. The molecule has 0 radical (unpaired) electrons. The lowest BCUT2D eigenvalue weighted by molar-refractivity contribution is 0.0944. The summed E-state index contributed by atoms with van der Waals surface area (Å²) >= 11 is 0. The molecule has 4 saturated heterocycles. The number of hydrogen-bond acceptors (Lipinski definition) is 6. The van der Waals surface area contributed by atoms with Gasteiger partial charge < -0.3 is 19.7 Å². The van der Waals surface area contributed by atoms with Gasteiger partial charge in [-0.1, -0.05) is 0 Å². The Morgan fingerprint density at radius 3 is 1.54 bits per heavy atom. The van der Waals surface area contributed by atoms with Crippen LogP contribution in [0.1, 0.15) is 38.5 Å². The fourth-order valence-electron chi connectivity index (χ4n) is 5.29. The molecule has 4 fully saturated rings. The first-order chi connectivity index (χ1) is 11.6. The van der Waals surface area contributed by atoms with Crippen LogP contribution in [0.3, 0.4) is 0 Å². The summed E-state index contributed by atoms with van der Waals surface area (Å²) in [6.45, 7) is 4.90. The van der Waals surface area contributed by atoms with Gasteiger partial charge in [-0.3, -0.25) is 9.80 Å². The second kappa shape index (κ2) is 7.56. The van der Waals surface area contributed by atoms with Gasteiger partial charge in [0.05, 0.1) is 25.4 Å². The number of methoxy groups -OCH3 is 2. The lowest BCUT2D eigenvalue weighted by Gasteiger charge is -2.28. The van der Waals surface area contributed by atoms with E-state index in [2.05, 4.69) is 9.80 Å². The molecule has 2 N–H and O–H groups in total. The Bertz CT molecular complexity index is 386. The molecular formula is C18H34N2O4. The summed E-state index contributed by atoms with van der Waals surface area (Å²) in [5.74, 6) is 0.